The molecule has 0 spiro atoms. The molecule has 0 aliphatic carbocycles. The van der Waals surface area contributed by atoms with Crippen molar-refractivity contribution in [2.45, 2.75) is 0 Å². The van der Waals surface area contributed by atoms with Gasteiger partial charge < -0.3 is 9.47 Å². The molecule has 2 rings (SSSR count). The van der Waals surface area contributed by atoms with Crippen molar-refractivity contribution in [2.24, 2.45) is 0 Å². The lowest BCUT2D eigenvalue weighted by Gasteiger charge is -2.10. The van der Waals surface area contributed by atoms with E-state index in [0.29, 0.717) is 28.9 Å². The zero-order valence-electron chi connectivity index (χ0n) is 10.6. The summed E-state index contributed by atoms with van der Waals surface area (Å²) in [7, 11) is 3.07. The molecular weight excluding hydrogens is 247 g/mol. The van der Waals surface area contributed by atoms with Crippen molar-refractivity contribution in [1.82, 2.24) is 0 Å². The highest BCUT2D eigenvalue weighted by Crippen LogP contribution is 2.31. The molecule has 2 aromatic carbocycles. The third kappa shape index (κ3) is 2.57. The van der Waals surface area contributed by atoms with Crippen molar-refractivity contribution in [2.75, 3.05) is 14.2 Å². The van der Waals surface area contributed by atoms with Crippen LogP contribution in [0.4, 0.5) is 4.39 Å². The molecule has 0 atom stereocenters. The van der Waals surface area contributed by atoms with Crippen LogP contribution in [-0.4, -0.2) is 20.5 Å². The van der Waals surface area contributed by atoms with E-state index in [0.717, 1.165) is 0 Å². The molecular formula is C15H13FO3. The third-order valence-corrected chi connectivity index (χ3v) is 2.83. The third-order valence-electron chi connectivity index (χ3n) is 2.83. The summed E-state index contributed by atoms with van der Waals surface area (Å²) in [6.45, 7) is 0. The summed E-state index contributed by atoms with van der Waals surface area (Å²) < 4.78 is 23.9. The number of hydrogen-bond donors (Lipinski definition) is 0. The molecule has 19 heavy (non-hydrogen) atoms. The van der Waals surface area contributed by atoms with Gasteiger partial charge in [0.2, 0.25) is 0 Å². The summed E-state index contributed by atoms with van der Waals surface area (Å²) in [6.07, 6.45) is 0.511. The summed E-state index contributed by atoms with van der Waals surface area (Å²) >= 11 is 0. The van der Waals surface area contributed by atoms with E-state index < -0.39 is 5.82 Å². The van der Waals surface area contributed by atoms with Crippen molar-refractivity contribution in [1.29, 1.82) is 0 Å². The Bertz CT molecular complexity index is 586. The molecule has 2 aromatic rings. The van der Waals surface area contributed by atoms with Crippen molar-refractivity contribution in [3.63, 3.8) is 0 Å². The van der Waals surface area contributed by atoms with Gasteiger partial charge in [-0.25, -0.2) is 4.39 Å². The molecule has 0 aliphatic rings. The van der Waals surface area contributed by atoms with Crippen molar-refractivity contribution >= 4 is 6.29 Å². The topological polar surface area (TPSA) is 35.5 Å². The number of halogens is 1. The van der Waals surface area contributed by atoms with Gasteiger partial charge in [0, 0.05) is 6.07 Å². The summed E-state index contributed by atoms with van der Waals surface area (Å²) in [5.74, 6) is 0.611. The van der Waals surface area contributed by atoms with Gasteiger partial charge in [0.05, 0.1) is 19.8 Å². The highest BCUT2D eigenvalue weighted by atomic mass is 19.1. The van der Waals surface area contributed by atoms with E-state index in [-0.39, 0.29) is 5.56 Å². The van der Waals surface area contributed by atoms with Crippen LogP contribution < -0.4 is 9.47 Å². The predicted octanol–water partition coefficient (Wildman–Crippen LogP) is 3.32. The molecule has 0 N–H and O–H groups in total. The second kappa shape index (κ2) is 5.52. The van der Waals surface area contributed by atoms with Crippen LogP contribution in [-0.2, 0) is 0 Å². The molecule has 0 fully saturated rings. The molecule has 0 saturated heterocycles. The molecule has 3 nitrogen and oxygen atoms in total. The number of hydrogen-bond acceptors (Lipinski definition) is 3. The van der Waals surface area contributed by atoms with Gasteiger partial charge in [-0.15, -0.1) is 0 Å². The quantitative estimate of drug-likeness (QED) is 0.791. The van der Waals surface area contributed by atoms with E-state index in [4.69, 9.17) is 9.47 Å². The maximum atomic E-state index is 13.6. The van der Waals surface area contributed by atoms with Crippen LogP contribution in [0.15, 0.2) is 36.4 Å². The fourth-order valence-corrected chi connectivity index (χ4v) is 1.87. The molecule has 0 heterocycles. The number of methoxy groups -OCH3 is 2. The maximum absolute atomic E-state index is 13.6. The molecule has 98 valence electrons. The Morgan fingerprint density at radius 2 is 1.68 bits per heavy atom. The molecule has 0 aromatic heterocycles. The highest BCUT2D eigenvalue weighted by Gasteiger charge is 2.11. The summed E-state index contributed by atoms with van der Waals surface area (Å²) in [4.78, 5) is 11.0. The van der Waals surface area contributed by atoms with Gasteiger partial charge in [-0.1, -0.05) is 12.1 Å². The minimum absolute atomic E-state index is 0.0257. The first kappa shape index (κ1) is 13.1. The first-order valence-corrected chi connectivity index (χ1v) is 5.66. The number of rotatable bonds is 4. The molecule has 0 amide bonds. The smallest absolute Gasteiger partial charge is 0.153 e. The average molecular weight is 260 g/mol. The number of aldehydes is 1. The van der Waals surface area contributed by atoms with Crippen LogP contribution in [0.5, 0.6) is 11.5 Å². The van der Waals surface area contributed by atoms with E-state index in [9.17, 15) is 9.18 Å². The Morgan fingerprint density at radius 3 is 2.21 bits per heavy atom. The molecule has 0 aliphatic heterocycles. The van der Waals surface area contributed by atoms with E-state index in [1.807, 2.05) is 0 Å². The largest absolute Gasteiger partial charge is 0.497 e. The first-order valence-electron chi connectivity index (χ1n) is 5.66. The number of carbonyl (C=O) groups excluding carboxylic acids is 1. The van der Waals surface area contributed by atoms with Gasteiger partial charge in [0.25, 0.3) is 0 Å². The van der Waals surface area contributed by atoms with Gasteiger partial charge in [-0.3, -0.25) is 4.79 Å². The van der Waals surface area contributed by atoms with E-state index in [1.54, 1.807) is 30.3 Å². The van der Waals surface area contributed by atoms with Crippen molar-refractivity contribution < 1.29 is 18.7 Å². The monoisotopic (exact) mass is 260 g/mol. The van der Waals surface area contributed by atoms with Gasteiger partial charge in [0.15, 0.2) is 6.29 Å². The fraction of sp³-hybridized carbons (Fsp3) is 0.133. The van der Waals surface area contributed by atoms with E-state index in [1.165, 1.54) is 20.3 Å². The number of ether oxygens (including phenoxy) is 2. The second-order valence-electron chi connectivity index (χ2n) is 3.92. The van der Waals surface area contributed by atoms with Gasteiger partial charge in [-0.05, 0) is 29.3 Å². The minimum Gasteiger partial charge on any atom is -0.497 e. The normalized spacial score (nSPS) is 10.1. The zero-order chi connectivity index (χ0) is 13.8. The van der Waals surface area contributed by atoms with Crippen LogP contribution in [0.1, 0.15) is 10.4 Å². The van der Waals surface area contributed by atoms with Crippen LogP contribution in [0.25, 0.3) is 11.1 Å². The van der Waals surface area contributed by atoms with E-state index in [2.05, 4.69) is 0 Å². The Labute approximate surface area is 110 Å². The standard InChI is InChI=1S/C15H13FO3/c1-18-11-6-10(7-12(8-11)19-2)13-4-3-5-15(16)14(13)9-17/h3-9H,1-2H3. The Kier molecular flexibility index (Phi) is 3.80. The fourth-order valence-electron chi connectivity index (χ4n) is 1.87. The Balaban J connectivity index is 2.64. The lowest BCUT2D eigenvalue weighted by molar-refractivity contribution is 0.112. The lowest BCUT2D eigenvalue weighted by Crippen LogP contribution is -1.94. The lowest BCUT2D eigenvalue weighted by atomic mass is 9.99. The summed E-state index contributed by atoms with van der Waals surface area (Å²) in [5.41, 5.74) is 1.20. The van der Waals surface area contributed by atoms with Crippen LogP contribution in [0.3, 0.4) is 0 Å². The molecule has 4 heteroatoms. The van der Waals surface area contributed by atoms with Crippen molar-refractivity contribution in [3.8, 4) is 22.6 Å². The summed E-state index contributed by atoms with van der Waals surface area (Å²) in [6, 6.07) is 9.66. The van der Waals surface area contributed by atoms with Crippen LogP contribution in [0, 0.1) is 5.82 Å². The molecule has 0 radical (unpaired) electrons. The van der Waals surface area contributed by atoms with Crippen LogP contribution in [0.2, 0.25) is 0 Å². The van der Waals surface area contributed by atoms with Gasteiger partial charge >= 0.3 is 0 Å². The average Bonchev–Trinajstić information content (AvgIpc) is 2.46. The Hall–Kier alpha value is -2.36. The highest BCUT2D eigenvalue weighted by molar-refractivity contribution is 5.88. The van der Waals surface area contributed by atoms with E-state index >= 15 is 0 Å². The number of benzene rings is 2. The summed E-state index contributed by atoms with van der Waals surface area (Å²) in [5, 5.41) is 0. The number of carbonyl (C=O) groups is 1. The van der Waals surface area contributed by atoms with Gasteiger partial charge in [0.1, 0.15) is 17.3 Å². The van der Waals surface area contributed by atoms with Crippen molar-refractivity contribution in [3.05, 3.63) is 47.8 Å². The first-order chi connectivity index (χ1) is 9.19. The minimum atomic E-state index is -0.547. The molecule has 0 saturated carbocycles. The molecule has 0 unspecified atom stereocenters. The Morgan fingerprint density at radius 1 is 1.05 bits per heavy atom. The van der Waals surface area contributed by atoms with Crippen LogP contribution >= 0.6 is 0 Å². The predicted molar refractivity (Wildman–Crippen MR) is 70.3 cm³/mol. The van der Waals surface area contributed by atoms with Gasteiger partial charge in [-0.2, -0.15) is 0 Å². The zero-order valence-corrected chi connectivity index (χ0v) is 10.6. The molecule has 0 bridgehead atoms. The maximum Gasteiger partial charge on any atom is 0.153 e. The second-order valence-corrected chi connectivity index (χ2v) is 3.92. The SMILES string of the molecule is COc1cc(OC)cc(-c2cccc(F)c2C=O)c1.